The van der Waals surface area contributed by atoms with E-state index in [4.69, 9.17) is 9.47 Å². The minimum atomic E-state index is -0.835. The summed E-state index contributed by atoms with van der Waals surface area (Å²) in [5, 5.41) is 5.60. The quantitative estimate of drug-likeness (QED) is 0.207. The lowest BCUT2D eigenvalue weighted by Gasteiger charge is -2.19. The van der Waals surface area contributed by atoms with E-state index < -0.39 is 12.1 Å². The predicted octanol–water partition coefficient (Wildman–Crippen LogP) is 6.35. The SMILES string of the molecule is O=C(NC(Cc1ccc(OCc2ccccc2)cc1)C(=O)Nc1ccc(I)cc1)OCc1ccccc1. The van der Waals surface area contributed by atoms with E-state index >= 15 is 0 Å². The van der Waals surface area contributed by atoms with Gasteiger partial charge >= 0.3 is 6.09 Å². The van der Waals surface area contributed by atoms with Gasteiger partial charge in [-0.15, -0.1) is 0 Å². The summed E-state index contributed by atoms with van der Waals surface area (Å²) in [7, 11) is 0. The highest BCUT2D eigenvalue weighted by atomic mass is 127. The molecule has 4 aromatic carbocycles. The largest absolute Gasteiger partial charge is 0.489 e. The summed E-state index contributed by atoms with van der Waals surface area (Å²) >= 11 is 2.20. The normalized spacial score (nSPS) is 11.3. The molecule has 0 aliphatic carbocycles. The van der Waals surface area contributed by atoms with Crippen LogP contribution >= 0.6 is 22.6 Å². The van der Waals surface area contributed by atoms with E-state index in [-0.39, 0.29) is 18.9 Å². The molecule has 0 radical (unpaired) electrons. The number of amides is 2. The number of carbonyl (C=O) groups excluding carboxylic acids is 2. The third-order valence-corrected chi connectivity index (χ3v) is 6.26. The van der Waals surface area contributed by atoms with E-state index in [2.05, 4.69) is 33.2 Å². The number of anilines is 1. The highest BCUT2D eigenvalue weighted by Gasteiger charge is 2.22. The van der Waals surface area contributed by atoms with Gasteiger partial charge in [0, 0.05) is 15.7 Å². The summed E-state index contributed by atoms with van der Waals surface area (Å²) in [4.78, 5) is 25.7. The van der Waals surface area contributed by atoms with Crippen LogP contribution in [0.4, 0.5) is 10.5 Å². The second kappa shape index (κ2) is 13.5. The monoisotopic (exact) mass is 606 g/mol. The van der Waals surface area contributed by atoms with Crippen molar-refractivity contribution in [1.29, 1.82) is 0 Å². The van der Waals surface area contributed by atoms with Gasteiger partial charge in [0.1, 0.15) is 25.0 Å². The van der Waals surface area contributed by atoms with Gasteiger partial charge in [0.2, 0.25) is 5.91 Å². The number of halogens is 1. The molecule has 2 amide bonds. The zero-order valence-electron chi connectivity index (χ0n) is 20.1. The highest BCUT2D eigenvalue weighted by Crippen LogP contribution is 2.17. The molecule has 6 nitrogen and oxygen atoms in total. The zero-order chi connectivity index (χ0) is 25.9. The van der Waals surface area contributed by atoms with Crippen LogP contribution in [0.2, 0.25) is 0 Å². The van der Waals surface area contributed by atoms with Crippen LogP contribution in [-0.2, 0) is 29.2 Å². The van der Waals surface area contributed by atoms with Crippen molar-refractivity contribution in [3.8, 4) is 5.75 Å². The molecule has 0 spiro atoms. The summed E-state index contributed by atoms with van der Waals surface area (Å²) in [5.41, 5.74) is 3.47. The predicted molar refractivity (Wildman–Crippen MR) is 152 cm³/mol. The van der Waals surface area contributed by atoms with Crippen LogP contribution in [0.3, 0.4) is 0 Å². The maximum atomic E-state index is 13.1. The molecular weight excluding hydrogens is 579 g/mol. The van der Waals surface area contributed by atoms with Gasteiger partial charge in [-0.25, -0.2) is 4.79 Å². The minimum Gasteiger partial charge on any atom is -0.489 e. The molecule has 0 saturated heterocycles. The second-order valence-electron chi connectivity index (χ2n) is 8.38. The Labute approximate surface area is 230 Å². The molecule has 0 saturated carbocycles. The van der Waals surface area contributed by atoms with E-state index in [1.54, 1.807) is 0 Å². The van der Waals surface area contributed by atoms with Crippen LogP contribution < -0.4 is 15.4 Å². The molecular formula is C30H27IN2O4. The van der Waals surface area contributed by atoms with Gasteiger partial charge in [-0.1, -0.05) is 72.8 Å². The summed E-state index contributed by atoms with van der Waals surface area (Å²) in [6.45, 7) is 0.585. The molecule has 0 fully saturated rings. The van der Waals surface area contributed by atoms with E-state index in [9.17, 15) is 9.59 Å². The summed E-state index contributed by atoms with van der Waals surface area (Å²) in [6, 6.07) is 33.4. The number of alkyl carbamates (subject to hydrolysis) is 1. The summed E-state index contributed by atoms with van der Waals surface area (Å²) in [5.74, 6) is 0.394. The maximum Gasteiger partial charge on any atom is 0.408 e. The third-order valence-electron chi connectivity index (χ3n) is 5.54. The Bertz CT molecular complexity index is 1280. The van der Waals surface area contributed by atoms with Crippen LogP contribution in [0.15, 0.2) is 109 Å². The molecule has 0 bridgehead atoms. The van der Waals surface area contributed by atoms with E-state index in [0.717, 1.165) is 26.0 Å². The average Bonchev–Trinajstić information content (AvgIpc) is 2.93. The Morgan fingerprint density at radius 1 is 0.703 bits per heavy atom. The van der Waals surface area contributed by atoms with E-state index in [1.807, 2.05) is 109 Å². The molecule has 0 aliphatic heterocycles. The van der Waals surface area contributed by atoms with Crippen molar-refractivity contribution in [1.82, 2.24) is 5.32 Å². The van der Waals surface area contributed by atoms with Crippen LogP contribution in [0.25, 0.3) is 0 Å². The van der Waals surface area contributed by atoms with Gasteiger partial charge in [0.15, 0.2) is 0 Å². The van der Waals surface area contributed by atoms with Crippen LogP contribution in [0.5, 0.6) is 5.75 Å². The van der Waals surface area contributed by atoms with Crippen molar-refractivity contribution >= 4 is 40.3 Å². The maximum absolute atomic E-state index is 13.1. The first kappa shape index (κ1) is 26.2. The molecule has 188 valence electrons. The van der Waals surface area contributed by atoms with Crippen molar-refractivity contribution in [2.24, 2.45) is 0 Å². The Kier molecular flexibility index (Phi) is 9.54. The molecule has 0 heterocycles. The fourth-order valence-corrected chi connectivity index (χ4v) is 3.94. The number of rotatable bonds is 10. The smallest absolute Gasteiger partial charge is 0.408 e. The van der Waals surface area contributed by atoms with Gasteiger partial charge in [-0.2, -0.15) is 0 Å². The van der Waals surface area contributed by atoms with E-state index in [0.29, 0.717) is 12.3 Å². The first-order chi connectivity index (χ1) is 18.0. The molecule has 0 aromatic heterocycles. The van der Waals surface area contributed by atoms with Crippen molar-refractivity contribution in [3.63, 3.8) is 0 Å². The number of benzene rings is 4. The lowest BCUT2D eigenvalue weighted by Crippen LogP contribution is -2.45. The van der Waals surface area contributed by atoms with Crippen LogP contribution in [0, 0.1) is 3.57 Å². The lowest BCUT2D eigenvalue weighted by atomic mass is 10.0. The molecule has 2 N–H and O–H groups in total. The molecule has 4 aromatic rings. The van der Waals surface area contributed by atoms with Crippen molar-refractivity contribution in [2.75, 3.05) is 5.32 Å². The number of carbonyl (C=O) groups is 2. The van der Waals surface area contributed by atoms with Crippen molar-refractivity contribution in [3.05, 3.63) is 129 Å². The van der Waals surface area contributed by atoms with Crippen LogP contribution in [0.1, 0.15) is 16.7 Å². The number of nitrogens with one attached hydrogen (secondary N) is 2. The summed E-state index contributed by atoms with van der Waals surface area (Å²) in [6.07, 6.45) is -0.371. The molecule has 37 heavy (non-hydrogen) atoms. The fraction of sp³-hybridized carbons (Fsp3) is 0.133. The van der Waals surface area contributed by atoms with E-state index in [1.165, 1.54) is 0 Å². The van der Waals surface area contributed by atoms with Gasteiger partial charge < -0.3 is 20.1 Å². The van der Waals surface area contributed by atoms with Crippen molar-refractivity contribution < 1.29 is 19.1 Å². The first-order valence-corrected chi connectivity index (χ1v) is 12.9. The van der Waals surface area contributed by atoms with Gasteiger partial charge in [-0.05, 0) is 75.7 Å². The molecule has 1 atom stereocenters. The second-order valence-corrected chi connectivity index (χ2v) is 9.62. The number of hydrogen-bond donors (Lipinski definition) is 2. The van der Waals surface area contributed by atoms with Crippen LogP contribution in [-0.4, -0.2) is 18.0 Å². The molecule has 7 heteroatoms. The standard InChI is InChI=1S/C30H27IN2O4/c31-25-13-15-26(16-14-25)32-29(34)28(33-30(35)37-21-24-9-5-2-6-10-24)19-22-11-17-27(18-12-22)36-20-23-7-3-1-4-8-23/h1-18,28H,19-21H2,(H,32,34)(H,33,35). The van der Waals surface area contributed by atoms with Gasteiger partial charge in [0.05, 0.1) is 0 Å². The number of ether oxygens (including phenoxy) is 2. The average molecular weight is 606 g/mol. The minimum absolute atomic E-state index is 0.117. The Morgan fingerprint density at radius 3 is 1.92 bits per heavy atom. The molecule has 0 aliphatic rings. The lowest BCUT2D eigenvalue weighted by molar-refractivity contribution is -0.118. The Morgan fingerprint density at radius 2 is 1.30 bits per heavy atom. The molecule has 1 unspecified atom stereocenters. The Hall–Kier alpha value is -3.85. The molecule has 4 rings (SSSR count). The highest BCUT2D eigenvalue weighted by molar-refractivity contribution is 14.1. The van der Waals surface area contributed by atoms with Gasteiger partial charge in [0.25, 0.3) is 0 Å². The fourth-order valence-electron chi connectivity index (χ4n) is 3.58. The summed E-state index contributed by atoms with van der Waals surface area (Å²) < 4.78 is 12.3. The van der Waals surface area contributed by atoms with Crippen molar-refractivity contribution in [2.45, 2.75) is 25.7 Å². The van der Waals surface area contributed by atoms with Gasteiger partial charge in [-0.3, -0.25) is 4.79 Å². The third kappa shape index (κ3) is 8.64. The topological polar surface area (TPSA) is 76.7 Å². The first-order valence-electron chi connectivity index (χ1n) is 11.8. The number of hydrogen-bond acceptors (Lipinski definition) is 4. The Balaban J connectivity index is 1.40. The zero-order valence-corrected chi connectivity index (χ0v) is 22.3.